The Bertz CT molecular complexity index is 1940. The number of rotatable bonds is 14. The largest absolute Gasteiger partial charge is 0.496 e. The molecule has 0 bridgehead atoms. The van der Waals surface area contributed by atoms with E-state index in [2.05, 4.69) is 26.3 Å². The Morgan fingerprint density at radius 2 is 1.75 bits per heavy atom. The number of carbonyl (C=O) groups is 3. The van der Waals surface area contributed by atoms with Gasteiger partial charge in [-0.25, -0.2) is 9.78 Å². The van der Waals surface area contributed by atoms with Crippen LogP contribution in [0.1, 0.15) is 61.2 Å². The first-order chi connectivity index (χ1) is 24.4. The normalized spacial score (nSPS) is 11.3. The molecular formula is C37H44N8O6. The number of amides is 3. The molecule has 1 aromatic heterocycles. The van der Waals surface area contributed by atoms with Gasteiger partial charge in [-0.15, -0.1) is 0 Å². The minimum absolute atomic E-state index is 0.0344. The Morgan fingerprint density at radius 1 is 1.00 bits per heavy atom. The van der Waals surface area contributed by atoms with E-state index in [-0.39, 0.29) is 49.3 Å². The Morgan fingerprint density at radius 3 is 2.43 bits per heavy atom. The van der Waals surface area contributed by atoms with E-state index in [0.717, 1.165) is 12.0 Å². The van der Waals surface area contributed by atoms with Gasteiger partial charge >= 0.3 is 6.09 Å². The number of anilines is 2. The van der Waals surface area contributed by atoms with Gasteiger partial charge < -0.3 is 31.2 Å². The Balaban J connectivity index is 1.50. The lowest BCUT2D eigenvalue weighted by Crippen LogP contribution is -2.35. The quantitative estimate of drug-likeness (QED) is 0.0627. The molecule has 0 saturated carbocycles. The summed E-state index contributed by atoms with van der Waals surface area (Å²) in [4.78, 5) is 56.6. The van der Waals surface area contributed by atoms with E-state index in [1.54, 1.807) is 36.4 Å². The molecule has 0 fully saturated rings. The number of carbonyl (C=O) groups excluding carboxylic acids is 3. The SMILES string of the molecule is CC[C@@H](C)NC(=O)c1cc(N)cc(-c2cnc(NC(C)C)c(=O)n2CC(=O)NCc2ccc(C(=N)NC(=O)OCc3ccccc3)cc2OC)c1. The van der Waals surface area contributed by atoms with Crippen LogP contribution < -0.4 is 37.3 Å². The van der Waals surface area contributed by atoms with E-state index in [1.165, 1.54) is 17.9 Å². The molecule has 4 aromatic rings. The fourth-order valence-corrected chi connectivity index (χ4v) is 4.96. The van der Waals surface area contributed by atoms with Crippen LogP contribution in [0.15, 0.2) is 77.7 Å². The first-order valence-corrected chi connectivity index (χ1v) is 16.5. The second-order valence-corrected chi connectivity index (χ2v) is 12.2. The fraction of sp³-hybridized carbons (Fsp3) is 0.297. The minimum Gasteiger partial charge on any atom is -0.496 e. The van der Waals surface area contributed by atoms with Gasteiger partial charge in [0.1, 0.15) is 24.7 Å². The van der Waals surface area contributed by atoms with Crippen molar-refractivity contribution in [2.45, 2.75) is 65.9 Å². The van der Waals surface area contributed by atoms with Crippen molar-refractivity contribution < 1.29 is 23.9 Å². The number of nitrogen functional groups attached to an aromatic ring is 1. The second-order valence-electron chi connectivity index (χ2n) is 12.2. The smallest absolute Gasteiger partial charge is 0.413 e. The van der Waals surface area contributed by atoms with Crippen molar-refractivity contribution in [2.75, 3.05) is 18.2 Å². The lowest BCUT2D eigenvalue weighted by Gasteiger charge is -2.18. The van der Waals surface area contributed by atoms with Gasteiger partial charge in [0.05, 0.1) is 19.0 Å². The Labute approximate surface area is 296 Å². The molecule has 0 radical (unpaired) electrons. The van der Waals surface area contributed by atoms with E-state index in [4.69, 9.17) is 20.6 Å². The first-order valence-electron chi connectivity index (χ1n) is 16.5. The summed E-state index contributed by atoms with van der Waals surface area (Å²) >= 11 is 0. The summed E-state index contributed by atoms with van der Waals surface area (Å²) in [6.45, 7) is 7.30. The van der Waals surface area contributed by atoms with E-state index >= 15 is 0 Å². The number of aromatic nitrogens is 2. The van der Waals surface area contributed by atoms with E-state index in [0.29, 0.717) is 39.4 Å². The number of amidine groups is 1. The number of hydrogen-bond donors (Lipinski definition) is 6. The summed E-state index contributed by atoms with van der Waals surface area (Å²) in [6, 6.07) is 18.6. The van der Waals surface area contributed by atoms with Crippen molar-refractivity contribution in [3.05, 3.63) is 106 Å². The van der Waals surface area contributed by atoms with Crippen LogP contribution in [-0.2, 0) is 29.2 Å². The van der Waals surface area contributed by atoms with E-state index in [9.17, 15) is 19.2 Å². The molecule has 51 heavy (non-hydrogen) atoms. The van der Waals surface area contributed by atoms with Gasteiger partial charge in [0.25, 0.3) is 11.5 Å². The van der Waals surface area contributed by atoms with Gasteiger partial charge in [0.15, 0.2) is 5.82 Å². The number of alkyl carbamates (subject to hydrolysis) is 1. The second kappa shape index (κ2) is 17.5. The Kier molecular flexibility index (Phi) is 12.9. The van der Waals surface area contributed by atoms with Gasteiger partial charge in [-0.3, -0.25) is 29.7 Å². The van der Waals surface area contributed by atoms with Gasteiger partial charge in [-0.1, -0.05) is 49.4 Å². The number of nitrogens with two attached hydrogens (primary N) is 1. The number of ether oxygens (including phenoxy) is 2. The van der Waals surface area contributed by atoms with Crippen LogP contribution in [0, 0.1) is 5.41 Å². The molecule has 3 aromatic carbocycles. The van der Waals surface area contributed by atoms with Crippen molar-refractivity contribution in [2.24, 2.45) is 0 Å². The fourth-order valence-electron chi connectivity index (χ4n) is 4.96. The first kappa shape index (κ1) is 37.6. The topological polar surface area (TPSA) is 203 Å². The summed E-state index contributed by atoms with van der Waals surface area (Å²) in [6.07, 6.45) is 1.43. The maximum Gasteiger partial charge on any atom is 0.413 e. The number of methoxy groups -OCH3 is 1. The molecule has 1 heterocycles. The third-order valence-corrected chi connectivity index (χ3v) is 7.78. The van der Waals surface area contributed by atoms with Crippen molar-refractivity contribution >= 4 is 35.2 Å². The van der Waals surface area contributed by atoms with Crippen LogP contribution in [0.4, 0.5) is 16.3 Å². The van der Waals surface area contributed by atoms with Crippen molar-refractivity contribution in [1.82, 2.24) is 25.5 Å². The predicted octanol–water partition coefficient (Wildman–Crippen LogP) is 4.42. The number of nitrogens with zero attached hydrogens (tertiary/aromatic N) is 2. The molecule has 3 amide bonds. The van der Waals surface area contributed by atoms with E-state index in [1.807, 2.05) is 58.0 Å². The molecule has 0 aliphatic carbocycles. The number of nitrogens with one attached hydrogen (secondary N) is 5. The zero-order valence-electron chi connectivity index (χ0n) is 29.3. The van der Waals surface area contributed by atoms with Gasteiger partial charge in [0.2, 0.25) is 5.91 Å². The summed E-state index contributed by atoms with van der Waals surface area (Å²) in [5, 5.41) is 19.5. The predicted molar refractivity (Wildman–Crippen MR) is 196 cm³/mol. The highest BCUT2D eigenvalue weighted by molar-refractivity contribution is 6.04. The zero-order valence-corrected chi connectivity index (χ0v) is 29.3. The molecule has 1 atom stereocenters. The molecule has 268 valence electrons. The summed E-state index contributed by atoms with van der Waals surface area (Å²) in [5.41, 5.74) is 8.75. The maximum absolute atomic E-state index is 13.7. The molecule has 0 saturated heterocycles. The summed E-state index contributed by atoms with van der Waals surface area (Å²) < 4.78 is 12.0. The van der Waals surface area contributed by atoms with Crippen LogP contribution in [0.25, 0.3) is 11.3 Å². The van der Waals surface area contributed by atoms with Crippen LogP contribution in [0.3, 0.4) is 0 Å². The average Bonchev–Trinajstić information content (AvgIpc) is 3.11. The molecular weight excluding hydrogens is 652 g/mol. The van der Waals surface area contributed by atoms with Crippen molar-refractivity contribution in [1.29, 1.82) is 5.41 Å². The van der Waals surface area contributed by atoms with Crippen LogP contribution in [0.5, 0.6) is 5.75 Å². The summed E-state index contributed by atoms with van der Waals surface area (Å²) in [5.74, 6) is -0.563. The van der Waals surface area contributed by atoms with Gasteiger partial charge in [0, 0.05) is 46.6 Å². The lowest BCUT2D eigenvalue weighted by molar-refractivity contribution is -0.121. The van der Waals surface area contributed by atoms with Crippen molar-refractivity contribution in [3.63, 3.8) is 0 Å². The zero-order chi connectivity index (χ0) is 37.1. The molecule has 7 N–H and O–H groups in total. The highest BCUT2D eigenvalue weighted by Gasteiger charge is 2.19. The third kappa shape index (κ3) is 10.4. The highest BCUT2D eigenvalue weighted by Crippen LogP contribution is 2.24. The number of benzene rings is 3. The minimum atomic E-state index is -0.777. The monoisotopic (exact) mass is 696 g/mol. The van der Waals surface area contributed by atoms with Gasteiger partial charge in [-0.05, 0) is 57.0 Å². The molecule has 0 aliphatic rings. The number of hydrogen-bond acceptors (Lipinski definition) is 10. The molecule has 4 rings (SSSR count). The maximum atomic E-state index is 13.7. The molecule has 0 aliphatic heterocycles. The Hall–Kier alpha value is -6.18. The van der Waals surface area contributed by atoms with Gasteiger partial charge in [-0.2, -0.15) is 0 Å². The third-order valence-electron chi connectivity index (χ3n) is 7.78. The highest BCUT2D eigenvalue weighted by atomic mass is 16.5. The van der Waals surface area contributed by atoms with Crippen LogP contribution in [0.2, 0.25) is 0 Å². The average molecular weight is 697 g/mol. The lowest BCUT2D eigenvalue weighted by atomic mass is 10.1. The molecule has 14 heteroatoms. The standard InChI is InChI=1S/C37H44N8O6/c1-6-23(4)43-35(47)28-14-27(15-29(38)16-28)30-19-41-34(42-22(2)3)36(48)45(30)20-32(46)40-18-26-13-12-25(17-31(26)50-5)33(39)44-37(49)51-21-24-10-8-7-9-11-24/h7-17,19,22-23H,6,18,20-21,38H2,1-5H3,(H,40,46)(H,41,42)(H,43,47)(H2,39,44,49)/t23-/m1/s1. The van der Waals surface area contributed by atoms with E-state index < -0.39 is 17.6 Å². The van der Waals surface area contributed by atoms with Crippen LogP contribution >= 0.6 is 0 Å². The van der Waals surface area contributed by atoms with Crippen LogP contribution in [-0.4, -0.2) is 52.5 Å². The molecule has 14 nitrogen and oxygen atoms in total. The van der Waals surface area contributed by atoms with Crippen molar-refractivity contribution in [3.8, 4) is 17.0 Å². The molecule has 0 spiro atoms. The molecule has 0 unspecified atom stereocenters. The summed E-state index contributed by atoms with van der Waals surface area (Å²) in [7, 11) is 1.45.